The number of hydrogen-bond donors (Lipinski definition) is 3. The molecule has 0 aliphatic rings. The van der Waals surface area contributed by atoms with Crippen molar-refractivity contribution < 1.29 is 19.4 Å². The number of carbonyl (C=O) groups excluding carboxylic acids is 2. The molecule has 0 saturated carbocycles. The molecule has 0 fully saturated rings. The Kier molecular flexibility index (Phi) is 6.64. The number of aliphatic hydroxyl groups excluding tert-OH is 1. The third kappa shape index (κ3) is 5.34. The lowest BCUT2D eigenvalue weighted by Gasteiger charge is -2.13. The van der Waals surface area contributed by atoms with Crippen LogP contribution in [0.5, 0.6) is 0 Å². The van der Waals surface area contributed by atoms with Gasteiger partial charge in [-0.3, -0.25) is 4.79 Å². The predicted octanol–water partition coefficient (Wildman–Crippen LogP) is -1.24. The topological polar surface area (TPSA) is 102 Å². The van der Waals surface area contributed by atoms with Crippen LogP contribution in [0.3, 0.4) is 0 Å². The van der Waals surface area contributed by atoms with E-state index in [0.29, 0.717) is 6.42 Å². The first-order valence-electron chi connectivity index (χ1n) is 4.82. The number of ether oxygens (including phenoxy) is 1. The van der Waals surface area contributed by atoms with E-state index >= 15 is 0 Å². The Hall–Kier alpha value is -1.14. The van der Waals surface area contributed by atoms with Gasteiger partial charge >= 0.3 is 5.97 Å². The fraction of sp³-hybridized carbons (Fsp3) is 0.778. The second-order valence-corrected chi connectivity index (χ2v) is 3.18. The van der Waals surface area contributed by atoms with Crippen molar-refractivity contribution in [2.45, 2.75) is 31.9 Å². The molecule has 2 atom stereocenters. The predicted molar refractivity (Wildman–Crippen MR) is 53.9 cm³/mol. The summed E-state index contributed by atoms with van der Waals surface area (Å²) >= 11 is 0. The number of esters is 1. The van der Waals surface area contributed by atoms with E-state index in [2.05, 4.69) is 10.1 Å². The van der Waals surface area contributed by atoms with Crippen molar-refractivity contribution in [1.82, 2.24) is 5.32 Å². The maximum Gasteiger partial charge on any atom is 0.336 e. The van der Waals surface area contributed by atoms with Crippen LogP contribution < -0.4 is 11.1 Å². The van der Waals surface area contributed by atoms with Crippen molar-refractivity contribution in [3.63, 3.8) is 0 Å². The average molecular weight is 218 g/mol. The number of carbonyl (C=O) groups is 2. The molecule has 0 aromatic carbocycles. The van der Waals surface area contributed by atoms with Crippen molar-refractivity contribution in [1.29, 1.82) is 0 Å². The number of aliphatic hydroxyl groups is 1. The van der Waals surface area contributed by atoms with Crippen LogP contribution in [-0.4, -0.2) is 42.8 Å². The van der Waals surface area contributed by atoms with Crippen LogP contribution in [0, 0.1) is 0 Å². The minimum atomic E-state index is -1.34. The minimum Gasteiger partial charge on any atom is -0.467 e. The number of amides is 1. The third-order valence-corrected chi connectivity index (χ3v) is 1.88. The average Bonchev–Trinajstić information content (AvgIpc) is 2.24. The Morgan fingerprint density at radius 2 is 2.13 bits per heavy atom. The van der Waals surface area contributed by atoms with Gasteiger partial charge < -0.3 is 20.9 Å². The van der Waals surface area contributed by atoms with E-state index in [0.717, 1.165) is 13.5 Å². The summed E-state index contributed by atoms with van der Waals surface area (Å²) in [6, 6.07) is -0.597. The van der Waals surface area contributed by atoms with E-state index in [1.807, 2.05) is 6.92 Å². The highest BCUT2D eigenvalue weighted by atomic mass is 16.5. The zero-order chi connectivity index (χ0) is 11.8. The Bertz CT molecular complexity index is 220. The van der Waals surface area contributed by atoms with E-state index in [4.69, 9.17) is 10.8 Å². The molecule has 0 spiro atoms. The molecule has 88 valence electrons. The Balaban J connectivity index is 3.84. The lowest BCUT2D eigenvalue weighted by Crippen LogP contribution is -2.45. The van der Waals surface area contributed by atoms with E-state index < -0.39 is 18.1 Å². The smallest absolute Gasteiger partial charge is 0.336 e. The van der Waals surface area contributed by atoms with Gasteiger partial charge in [-0.1, -0.05) is 13.3 Å². The molecule has 15 heavy (non-hydrogen) atoms. The van der Waals surface area contributed by atoms with Gasteiger partial charge in [0, 0.05) is 0 Å². The Labute approximate surface area is 88.8 Å². The molecule has 0 radical (unpaired) electrons. The SMILES string of the molecule is CCCC(N)C(=O)NCC(O)C(=O)OC. The quantitative estimate of drug-likeness (QED) is 0.484. The zero-order valence-electron chi connectivity index (χ0n) is 9.03. The highest BCUT2D eigenvalue weighted by Gasteiger charge is 2.18. The van der Waals surface area contributed by atoms with Crippen LogP contribution in [0.15, 0.2) is 0 Å². The molecule has 0 bridgehead atoms. The van der Waals surface area contributed by atoms with Gasteiger partial charge in [0.05, 0.1) is 19.7 Å². The highest BCUT2D eigenvalue weighted by molar-refractivity contribution is 5.82. The molecule has 0 aliphatic heterocycles. The van der Waals surface area contributed by atoms with E-state index in [9.17, 15) is 9.59 Å². The molecule has 0 aromatic rings. The van der Waals surface area contributed by atoms with E-state index in [1.165, 1.54) is 0 Å². The summed E-state index contributed by atoms with van der Waals surface area (Å²) in [4.78, 5) is 22.0. The summed E-state index contributed by atoms with van der Waals surface area (Å²) in [6.07, 6.45) is 0.0293. The third-order valence-electron chi connectivity index (χ3n) is 1.88. The normalized spacial score (nSPS) is 14.1. The van der Waals surface area contributed by atoms with Gasteiger partial charge in [-0.25, -0.2) is 4.79 Å². The lowest BCUT2D eigenvalue weighted by molar-refractivity contribution is -0.150. The van der Waals surface area contributed by atoms with Gasteiger partial charge in [-0.15, -0.1) is 0 Å². The molecule has 0 aliphatic carbocycles. The molecule has 0 aromatic heterocycles. The molecule has 6 heteroatoms. The van der Waals surface area contributed by atoms with Crippen molar-refractivity contribution in [2.75, 3.05) is 13.7 Å². The van der Waals surface area contributed by atoms with Gasteiger partial charge in [-0.2, -0.15) is 0 Å². The zero-order valence-corrected chi connectivity index (χ0v) is 9.03. The van der Waals surface area contributed by atoms with Gasteiger partial charge in [-0.05, 0) is 6.42 Å². The summed E-state index contributed by atoms with van der Waals surface area (Å²) in [5.74, 6) is -1.15. The largest absolute Gasteiger partial charge is 0.467 e. The summed E-state index contributed by atoms with van der Waals surface area (Å²) in [7, 11) is 1.16. The molecule has 2 unspecified atom stereocenters. The number of methoxy groups -OCH3 is 1. The molecule has 6 nitrogen and oxygen atoms in total. The number of rotatable bonds is 6. The summed E-state index contributed by atoms with van der Waals surface area (Å²) in [5, 5.41) is 11.5. The summed E-state index contributed by atoms with van der Waals surface area (Å²) in [5.41, 5.74) is 5.51. The molecule has 0 rings (SSSR count). The highest BCUT2D eigenvalue weighted by Crippen LogP contribution is 1.93. The van der Waals surface area contributed by atoms with Gasteiger partial charge in [0.1, 0.15) is 0 Å². The number of nitrogens with one attached hydrogen (secondary N) is 1. The summed E-state index contributed by atoms with van der Waals surface area (Å²) < 4.78 is 4.28. The van der Waals surface area contributed by atoms with Crippen molar-refractivity contribution in [2.24, 2.45) is 5.73 Å². The Morgan fingerprint density at radius 3 is 2.60 bits per heavy atom. The molecule has 0 heterocycles. The molecular weight excluding hydrogens is 200 g/mol. The first-order chi connectivity index (χ1) is 7.02. The van der Waals surface area contributed by atoms with Crippen LogP contribution in [0.1, 0.15) is 19.8 Å². The van der Waals surface area contributed by atoms with Crippen LogP contribution >= 0.6 is 0 Å². The van der Waals surface area contributed by atoms with Crippen molar-refractivity contribution in [3.05, 3.63) is 0 Å². The van der Waals surface area contributed by atoms with Crippen LogP contribution in [0.2, 0.25) is 0 Å². The first-order valence-corrected chi connectivity index (χ1v) is 4.82. The molecular formula is C9H18N2O4. The maximum atomic E-state index is 11.2. The Morgan fingerprint density at radius 1 is 1.53 bits per heavy atom. The minimum absolute atomic E-state index is 0.178. The van der Waals surface area contributed by atoms with E-state index in [-0.39, 0.29) is 12.5 Å². The molecule has 1 amide bonds. The maximum absolute atomic E-state index is 11.2. The lowest BCUT2D eigenvalue weighted by atomic mass is 10.1. The fourth-order valence-corrected chi connectivity index (χ4v) is 0.990. The van der Waals surface area contributed by atoms with Gasteiger partial charge in [0.15, 0.2) is 6.10 Å². The van der Waals surface area contributed by atoms with Gasteiger partial charge in [0.25, 0.3) is 0 Å². The second kappa shape index (κ2) is 7.19. The van der Waals surface area contributed by atoms with Crippen molar-refractivity contribution >= 4 is 11.9 Å². The van der Waals surface area contributed by atoms with Crippen molar-refractivity contribution in [3.8, 4) is 0 Å². The number of hydrogen-bond acceptors (Lipinski definition) is 5. The first kappa shape index (κ1) is 13.9. The van der Waals surface area contributed by atoms with Crippen LogP contribution in [0.4, 0.5) is 0 Å². The van der Waals surface area contributed by atoms with Crippen LogP contribution in [0.25, 0.3) is 0 Å². The van der Waals surface area contributed by atoms with Gasteiger partial charge in [0.2, 0.25) is 5.91 Å². The second-order valence-electron chi connectivity index (χ2n) is 3.18. The monoisotopic (exact) mass is 218 g/mol. The molecule has 0 saturated heterocycles. The molecule has 4 N–H and O–H groups in total. The standard InChI is InChI=1S/C9H18N2O4/c1-3-4-6(10)8(13)11-5-7(12)9(14)15-2/h6-7,12H,3-5,10H2,1-2H3,(H,11,13). The number of nitrogens with two attached hydrogens (primary N) is 1. The van der Waals surface area contributed by atoms with Crippen LogP contribution in [-0.2, 0) is 14.3 Å². The fourth-order valence-electron chi connectivity index (χ4n) is 0.990. The van der Waals surface area contributed by atoms with E-state index in [1.54, 1.807) is 0 Å². The summed E-state index contributed by atoms with van der Waals surface area (Å²) in [6.45, 7) is 1.74.